The van der Waals surface area contributed by atoms with Crippen molar-refractivity contribution in [2.24, 2.45) is 0 Å². The van der Waals surface area contributed by atoms with Crippen LogP contribution in [0.5, 0.6) is 0 Å². The topological polar surface area (TPSA) is 54.3 Å². The largest absolute Gasteiger partial charge is 0.460 e. The Morgan fingerprint density at radius 1 is 1.33 bits per heavy atom. The highest BCUT2D eigenvalue weighted by molar-refractivity contribution is 5.52. The highest BCUT2D eigenvalue weighted by Gasteiger charge is 2.13. The Balaban J connectivity index is 1.69. The van der Waals surface area contributed by atoms with Crippen LogP contribution in [0.3, 0.4) is 0 Å². The zero-order valence-corrected chi connectivity index (χ0v) is 10.5. The molecule has 5 heteroatoms. The lowest BCUT2D eigenvalue weighted by molar-refractivity contribution is 0.0336. The fourth-order valence-corrected chi connectivity index (χ4v) is 2.14. The third kappa shape index (κ3) is 2.47. The van der Waals surface area contributed by atoms with Crippen LogP contribution >= 0.6 is 0 Å². The molecule has 0 unspecified atom stereocenters. The molecule has 96 valence electrons. The van der Waals surface area contributed by atoms with Crippen LogP contribution in [-0.2, 0) is 11.3 Å². The minimum atomic E-state index is 0.817. The summed E-state index contributed by atoms with van der Waals surface area (Å²) in [5.41, 5.74) is 1.98. The Morgan fingerprint density at radius 3 is 2.89 bits per heavy atom. The van der Waals surface area contributed by atoms with Gasteiger partial charge in [-0.3, -0.25) is 10.00 Å². The van der Waals surface area contributed by atoms with Gasteiger partial charge < -0.3 is 9.15 Å². The molecular formula is C13H17N3O2. The van der Waals surface area contributed by atoms with Crippen LogP contribution in [0.4, 0.5) is 0 Å². The van der Waals surface area contributed by atoms with Crippen molar-refractivity contribution in [2.45, 2.75) is 13.5 Å². The van der Waals surface area contributed by atoms with Gasteiger partial charge in [0.25, 0.3) is 0 Å². The van der Waals surface area contributed by atoms with Crippen LogP contribution in [0.2, 0.25) is 0 Å². The van der Waals surface area contributed by atoms with Crippen molar-refractivity contribution < 1.29 is 9.15 Å². The normalized spacial score (nSPS) is 17.2. The fourth-order valence-electron chi connectivity index (χ4n) is 2.14. The number of nitrogens with zero attached hydrogens (tertiary/aromatic N) is 2. The fraction of sp³-hybridized carbons (Fsp3) is 0.462. The predicted octanol–water partition coefficient (Wildman–Crippen LogP) is 1.81. The van der Waals surface area contributed by atoms with Gasteiger partial charge in [0.1, 0.15) is 11.5 Å². The maximum absolute atomic E-state index is 5.56. The maximum atomic E-state index is 5.56. The Hall–Kier alpha value is -1.59. The number of aromatic nitrogens is 2. The number of hydrogen-bond donors (Lipinski definition) is 1. The van der Waals surface area contributed by atoms with E-state index in [1.807, 2.05) is 25.1 Å². The zero-order valence-electron chi connectivity index (χ0n) is 10.5. The summed E-state index contributed by atoms with van der Waals surface area (Å²) in [6.45, 7) is 6.42. The molecule has 18 heavy (non-hydrogen) atoms. The quantitative estimate of drug-likeness (QED) is 0.898. The molecule has 1 aliphatic heterocycles. The number of H-pyrrole nitrogens is 1. The molecule has 0 amide bonds. The molecule has 3 heterocycles. The Bertz CT molecular complexity index is 512. The highest BCUT2D eigenvalue weighted by Crippen LogP contribution is 2.20. The van der Waals surface area contributed by atoms with Crippen molar-refractivity contribution >= 4 is 0 Å². The molecular weight excluding hydrogens is 230 g/mol. The molecule has 0 bridgehead atoms. The van der Waals surface area contributed by atoms with E-state index in [1.54, 1.807) is 0 Å². The molecule has 2 aromatic heterocycles. The average molecular weight is 247 g/mol. The molecule has 0 atom stereocenters. The molecule has 5 nitrogen and oxygen atoms in total. The number of rotatable bonds is 3. The second-order valence-electron chi connectivity index (χ2n) is 4.58. The lowest BCUT2D eigenvalue weighted by Gasteiger charge is -2.25. The summed E-state index contributed by atoms with van der Waals surface area (Å²) in [4.78, 5) is 2.36. The van der Waals surface area contributed by atoms with Gasteiger partial charge in [-0.25, -0.2) is 0 Å². The number of aromatic amines is 1. The lowest BCUT2D eigenvalue weighted by Crippen LogP contribution is -2.35. The number of ether oxygens (including phenoxy) is 1. The van der Waals surface area contributed by atoms with E-state index in [9.17, 15) is 0 Å². The van der Waals surface area contributed by atoms with Gasteiger partial charge >= 0.3 is 0 Å². The third-order valence-electron chi connectivity index (χ3n) is 3.12. The zero-order chi connectivity index (χ0) is 12.4. The summed E-state index contributed by atoms with van der Waals surface area (Å²) in [6, 6.07) is 5.95. The molecule has 0 aliphatic carbocycles. The van der Waals surface area contributed by atoms with Crippen molar-refractivity contribution in [3.63, 3.8) is 0 Å². The van der Waals surface area contributed by atoms with Gasteiger partial charge in [-0.05, 0) is 25.1 Å². The van der Waals surface area contributed by atoms with Crippen LogP contribution in [0.25, 0.3) is 11.5 Å². The molecule has 2 aromatic rings. The second kappa shape index (κ2) is 4.96. The number of hydrogen-bond acceptors (Lipinski definition) is 4. The van der Waals surface area contributed by atoms with Crippen LogP contribution in [-0.4, -0.2) is 41.4 Å². The molecule has 0 aromatic carbocycles. The smallest absolute Gasteiger partial charge is 0.154 e. The van der Waals surface area contributed by atoms with Crippen LogP contribution in [0, 0.1) is 6.92 Å². The lowest BCUT2D eigenvalue weighted by atomic mass is 10.3. The van der Waals surface area contributed by atoms with Crippen molar-refractivity contribution in [1.29, 1.82) is 0 Å². The molecule has 1 saturated heterocycles. The first-order valence-electron chi connectivity index (χ1n) is 6.22. The van der Waals surface area contributed by atoms with Crippen molar-refractivity contribution in [3.8, 4) is 11.5 Å². The first-order valence-corrected chi connectivity index (χ1v) is 6.22. The SMILES string of the molecule is Cc1ccc(-c2cc(CN3CCOCC3)[nH]n2)o1. The third-order valence-corrected chi connectivity index (χ3v) is 3.12. The molecule has 0 saturated carbocycles. The molecule has 0 spiro atoms. The Kier molecular flexibility index (Phi) is 3.17. The summed E-state index contributed by atoms with van der Waals surface area (Å²) >= 11 is 0. The van der Waals surface area contributed by atoms with E-state index in [1.165, 1.54) is 0 Å². The monoisotopic (exact) mass is 247 g/mol. The second-order valence-corrected chi connectivity index (χ2v) is 4.58. The standard InChI is InChI=1S/C13H17N3O2/c1-10-2-3-13(18-10)12-8-11(14-15-12)9-16-4-6-17-7-5-16/h2-3,8H,4-7,9H2,1H3,(H,14,15). The van der Waals surface area contributed by atoms with E-state index < -0.39 is 0 Å². The average Bonchev–Trinajstić information content (AvgIpc) is 2.99. The van der Waals surface area contributed by atoms with E-state index >= 15 is 0 Å². The van der Waals surface area contributed by atoms with Crippen molar-refractivity contribution in [1.82, 2.24) is 15.1 Å². The summed E-state index contributed by atoms with van der Waals surface area (Å²) in [6.07, 6.45) is 0. The van der Waals surface area contributed by atoms with Gasteiger partial charge in [0.15, 0.2) is 5.76 Å². The van der Waals surface area contributed by atoms with Crippen molar-refractivity contribution in [2.75, 3.05) is 26.3 Å². The first kappa shape index (κ1) is 11.5. The van der Waals surface area contributed by atoms with Gasteiger partial charge in [0.05, 0.1) is 13.2 Å². The molecule has 0 radical (unpaired) electrons. The van der Waals surface area contributed by atoms with Crippen LogP contribution < -0.4 is 0 Å². The number of furan rings is 1. The molecule has 1 aliphatic rings. The summed E-state index contributed by atoms with van der Waals surface area (Å²) in [5.74, 6) is 1.72. The Labute approximate surface area is 106 Å². The van der Waals surface area contributed by atoms with E-state index in [4.69, 9.17) is 9.15 Å². The summed E-state index contributed by atoms with van der Waals surface area (Å²) in [7, 11) is 0. The molecule has 1 N–H and O–H groups in total. The van der Waals surface area contributed by atoms with Crippen LogP contribution in [0.15, 0.2) is 22.6 Å². The molecule has 1 fully saturated rings. The highest BCUT2D eigenvalue weighted by atomic mass is 16.5. The van der Waals surface area contributed by atoms with Gasteiger partial charge in [0, 0.05) is 25.3 Å². The van der Waals surface area contributed by atoms with Gasteiger partial charge in [0.2, 0.25) is 0 Å². The minimum Gasteiger partial charge on any atom is -0.460 e. The van der Waals surface area contributed by atoms with Crippen molar-refractivity contribution in [3.05, 3.63) is 29.7 Å². The number of nitrogens with one attached hydrogen (secondary N) is 1. The minimum absolute atomic E-state index is 0.817. The summed E-state index contributed by atoms with van der Waals surface area (Å²) < 4.78 is 10.9. The van der Waals surface area contributed by atoms with Crippen LogP contribution in [0.1, 0.15) is 11.5 Å². The van der Waals surface area contributed by atoms with E-state index in [0.29, 0.717) is 0 Å². The number of morpholine rings is 1. The predicted molar refractivity (Wildman–Crippen MR) is 67.1 cm³/mol. The van der Waals surface area contributed by atoms with Gasteiger partial charge in [-0.2, -0.15) is 5.10 Å². The van der Waals surface area contributed by atoms with E-state index in [-0.39, 0.29) is 0 Å². The van der Waals surface area contributed by atoms with Gasteiger partial charge in [-0.15, -0.1) is 0 Å². The summed E-state index contributed by atoms with van der Waals surface area (Å²) in [5, 5.41) is 7.36. The van der Waals surface area contributed by atoms with Gasteiger partial charge in [-0.1, -0.05) is 0 Å². The van der Waals surface area contributed by atoms with E-state index in [0.717, 1.165) is 55.8 Å². The Morgan fingerprint density at radius 2 is 2.17 bits per heavy atom. The maximum Gasteiger partial charge on any atom is 0.154 e. The van der Waals surface area contributed by atoms with E-state index in [2.05, 4.69) is 15.1 Å². The molecule has 3 rings (SSSR count). The number of aryl methyl sites for hydroxylation is 1. The first-order chi connectivity index (χ1) is 8.81.